The highest BCUT2D eigenvalue weighted by atomic mass is 16.5. The number of aromatic nitrogens is 3. The zero-order valence-electron chi connectivity index (χ0n) is 11.3. The van der Waals surface area contributed by atoms with Gasteiger partial charge in [0.25, 0.3) is 0 Å². The molecule has 1 saturated carbocycles. The number of rotatable bonds is 6. The van der Waals surface area contributed by atoms with Crippen molar-refractivity contribution in [2.75, 3.05) is 24.3 Å². The van der Waals surface area contributed by atoms with Gasteiger partial charge in [-0.05, 0) is 32.1 Å². The van der Waals surface area contributed by atoms with E-state index in [2.05, 4.69) is 26.8 Å². The highest BCUT2D eigenvalue weighted by molar-refractivity contribution is 5.36. The minimum atomic E-state index is 0.209. The molecular weight excluding hydrogens is 230 g/mol. The van der Waals surface area contributed by atoms with Gasteiger partial charge in [-0.15, -0.1) is 0 Å². The summed E-state index contributed by atoms with van der Waals surface area (Å²) in [6.45, 7) is 4.81. The lowest BCUT2D eigenvalue weighted by atomic mass is 10.2. The van der Waals surface area contributed by atoms with Gasteiger partial charge in [0.1, 0.15) is 0 Å². The molecule has 1 heterocycles. The molecule has 0 spiro atoms. The van der Waals surface area contributed by atoms with Crippen molar-refractivity contribution < 1.29 is 4.74 Å². The SMILES string of the molecule is CCCOc1nc(N)nc(N(C)C(C)C2CC2)n1. The third-order valence-electron chi connectivity index (χ3n) is 3.29. The van der Waals surface area contributed by atoms with E-state index in [9.17, 15) is 0 Å². The average Bonchev–Trinajstić information content (AvgIpc) is 3.18. The van der Waals surface area contributed by atoms with Gasteiger partial charge < -0.3 is 15.4 Å². The minimum Gasteiger partial charge on any atom is -0.463 e. The molecule has 18 heavy (non-hydrogen) atoms. The number of hydrogen-bond donors (Lipinski definition) is 1. The van der Waals surface area contributed by atoms with Crippen LogP contribution in [0.3, 0.4) is 0 Å². The topological polar surface area (TPSA) is 77.2 Å². The van der Waals surface area contributed by atoms with Crippen molar-refractivity contribution in [2.24, 2.45) is 5.92 Å². The Bertz CT molecular complexity index is 407. The minimum absolute atomic E-state index is 0.209. The molecule has 0 amide bonds. The molecule has 2 N–H and O–H groups in total. The molecule has 1 aliphatic carbocycles. The highest BCUT2D eigenvalue weighted by Crippen LogP contribution is 2.35. The van der Waals surface area contributed by atoms with Crippen LogP contribution in [-0.2, 0) is 0 Å². The van der Waals surface area contributed by atoms with Crippen molar-refractivity contribution in [1.29, 1.82) is 0 Å². The molecule has 0 bridgehead atoms. The first kappa shape index (κ1) is 12.9. The van der Waals surface area contributed by atoms with Crippen molar-refractivity contribution in [1.82, 2.24) is 15.0 Å². The Hall–Kier alpha value is -1.59. The summed E-state index contributed by atoms with van der Waals surface area (Å²) >= 11 is 0. The second-order valence-corrected chi connectivity index (χ2v) is 4.81. The summed E-state index contributed by atoms with van der Waals surface area (Å²) in [4.78, 5) is 14.5. The molecule has 0 aliphatic heterocycles. The van der Waals surface area contributed by atoms with Gasteiger partial charge in [-0.1, -0.05) is 6.92 Å². The summed E-state index contributed by atoms with van der Waals surface area (Å²) in [5, 5.41) is 0. The Morgan fingerprint density at radius 2 is 2.11 bits per heavy atom. The second kappa shape index (κ2) is 5.37. The van der Waals surface area contributed by atoms with Crippen molar-refractivity contribution in [3.05, 3.63) is 0 Å². The van der Waals surface area contributed by atoms with Crippen LogP contribution in [0, 0.1) is 5.92 Å². The standard InChI is InChI=1S/C12H21N5O/c1-4-7-18-12-15-10(13)14-11(16-12)17(3)8(2)9-5-6-9/h8-9H,4-7H2,1-3H3,(H2,13,14,15,16). The third-order valence-corrected chi connectivity index (χ3v) is 3.29. The number of nitrogens with two attached hydrogens (primary N) is 1. The largest absolute Gasteiger partial charge is 0.463 e. The molecule has 100 valence electrons. The van der Waals surface area contributed by atoms with Crippen molar-refractivity contribution in [3.8, 4) is 6.01 Å². The maximum absolute atomic E-state index is 5.69. The maximum atomic E-state index is 5.69. The fraction of sp³-hybridized carbons (Fsp3) is 0.750. The highest BCUT2D eigenvalue weighted by Gasteiger charge is 2.31. The van der Waals surface area contributed by atoms with Crippen LogP contribution < -0.4 is 15.4 Å². The van der Waals surface area contributed by atoms with E-state index in [1.807, 2.05) is 14.0 Å². The zero-order chi connectivity index (χ0) is 13.1. The van der Waals surface area contributed by atoms with E-state index in [4.69, 9.17) is 10.5 Å². The molecule has 1 atom stereocenters. The Balaban J connectivity index is 2.12. The van der Waals surface area contributed by atoms with E-state index in [0.29, 0.717) is 24.6 Å². The van der Waals surface area contributed by atoms with E-state index >= 15 is 0 Å². The van der Waals surface area contributed by atoms with Gasteiger partial charge in [0.05, 0.1) is 6.61 Å². The Kier molecular flexibility index (Phi) is 3.84. The van der Waals surface area contributed by atoms with Crippen LogP contribution in [0.25, 0.3) is 0 Å². The Morgan fingerprint density at radius 1 is 1.39 bits per heavy atom. The first-order valence-corrected chi connectivity index (χ1v) is 6.49. The lowest BCUT2D eigenvalue weighted by Crippen LogP contribution is -2.32. The predicted molar refractivity (Wildman–Crippen MR) is 70.6 cm³/mol. The van der Waals surface area contributed by atoms with Crippen LogP contribution in [0.1, 0.15) is 33.1 Å². The summed E-state index contributed by atoms with van der Waals surface area (Å²) in [6.07, 6.45) is 3.48. The molecule has 0 aromatic carbocycles. The molecule has 0 radical (unpaired) electrons. The van der Waals surface area contributed by atoms with Gasteiger partial charge in [-0.2, -0.15) is 15.0 Å². The van der Waals surface area contributed by atoms with Gasteiger partial charge in [0, 0.05) is 13.1 Å². The van der Waals surface area contributed by atoms with Gasteiger partial charge in [0.2, 0.25) is 11.9 Å². The van der Waals surface area contributed by atoms with Crippen LogP contribution in [-0.4, -0.2) is 34.6 Å². The first-order valence-electron chi connectivity index (χ1n) is 6.49. The van der Waals surface area contributed by atoms with Gasteiger partial charge >= 0.3 is 6.01 Å². The normalized spacial score (nSPS) is 16.4. The monoisotopic (exact) mass is 251 g/mol. The quantitative estimate of drug-likeness (QED) is 0.825. The summed E-state index contributed by atoms with van der Waals surface area (Å²) < 4.78 is 5.41. The molecule has 1 fully saturated rings. The molecule has 1 aromatic heterocycles. The average molecular weight is 251 g/mol. The summed E-state index contributed by atoms with van der Waals surface area (Å²) in [6, 6.07) is 0.736. The van der Waals surface area contributed by atoms with E-state index in [1.165, 1.54) is 12.8 Å². The molecule has 1 aliphatic rings. The molecule has 2 rings (SSSR count). The van der Waals surface area contributed by atoms with Crippen LogP contribution in [0.15, 0.2) is 0 Å². The number of nitrogens with zero attached hydrogens (tertiary/aromatic N) is 4. The molecule has 0 saturated heterocycles. The first-order chi connectivity index (χ1) is 8.61. The smallest absolute Gasteiger partial charge is 0.323 e. The van der Waals surface area contributed by atoms with Crippen LogP contribution in [0.2, 0.25) is 0 Å². The van der Waals surface area contributed by atoms with Crippen LogP contribution >= 0.6 is 0 Å². The van der Waals surface area contributed by atoms with Crippen molar-refractivity contribution in [3.63, 3.8) is 0 Å². The summed E-state index contributed by atoms with van der Waals surface area (Å²) in [7, 11) is 1.99. The Morgan fingerprint density at radius 3 is 2.72 bits per heavy atom. The fourth-order valence-corrected chi connectivity index (χ4v) is 1.85. The third kappa shape index (κ3) is 3.00. The fourth-order valence-electron chi connectivity index (χ4n) is 1.85. The van der Waals surface area contributed by atoms with E-state index in [0.717, 1.165) is 12.3 Å². The molecular formula is C12H21N5O. The van der Waals surface area contributed by atoms with Crippen LogP contribution in [0.5, 0.6) is 6.01 Å². The molecule has 1 aromatic rings. The van der Waals surface area contributed by atoms with E-state index in [-0.39, 0.29) is 5.95 Å². The van der Waals surface area contributed by atoms with E-state index < -0.39 is 0 Å². The summed E-state index contributed by atoms with van der Waals surface area (Å²) in [5.74, 6) is 1.54. The number of ether oxygens (including phenoxy) is 1. The lowest BCUT2D eigenvalue weighted by Gasteiger charge is -2.24. The lowest BCUT2D eigenvalue weighted by molar-refractivity contribution is 0.291. The number of hydrogen-bond acceptors (Lipinski definition) is 6. The van der Waals surface area contributed by atoms with Crippen molar-refractivity contribution >= 4 is 11.9 Å². The second-order valence-electron chi connectivity index (χ2n) is 4.81. The maximum Gasteiger partial charge on any atom is 0.323 e. The predicted octanol–water partition coefficient (Wildman–Crippen LogP) is 1.48. The Labute approximate surface area is 108 Å². The number of anilines is 2. The summed E-state index contributed by atoms with van der Waals surface area (Å²) in [5.41, 5.74) is 5.69. The van der Waals surface area contributed by atoms with Gasteiger partial charge in [0.15, 0.2) is 0 Å². The van der Waals surface area contributed by atoms with Crippen molar-refractivity contribution in [2.45, 2.75) is 39.2 Å². The number of nitrogen functional groups attached to an aromatic ring is 1. The molecule has 6 heteroatoms. The zero-order valence-corrected chi connectivity index (χ0v) is 11.3. The van der Waals surface area contributed by atoms with E-state index in [1.54, 1.807) is 0 Å². The molecule has 1 unspecified atom stereocenters. The van der Waals surface area contributed by atoms with Gasteiger partial charge in [-0.3, -0.25) is 0 Å². The molecule has 6 nitrogen and oxygen atoms in total. The van der Waals surface area contributed by atoms with Gasteiger partial charge in [-0.25, -0.2) is 0 Å². The van der Waals surface area contributed by atoms with Crippen LogP contribution in [0.4, 0.5) is 11.9 Å².